The molecule has 0 saturated carbocycles. The van der Waals surface area contributed by atoms with Crippen LogP contribution in [0.4, 0.5) is 11.5 Å². The number of hydrogen-bond donors (Lipinski definition) is 2. The molecular weight excluding hydrogens is 254 g/mol. The zero-order valence-electron chi connectivity index (χ0n) is 11.6. The molecule has 2 aromatic rings. The van der Waals surface area contributed by atoms with Crippen LogP contribution in [0.3, 0.4) is 0 Å². The van der Waals surface area contributed by atoms with Crippen LogP contribution < -0.4 is 10.1 Å². The molecule has 1 aromatic heterocycles. The second-order valence-electron chi connectivity index (χ2n) is 5.19. The minimum absolute atomic E-state index is 0.143. The Hall–Kier alpha value is -2.30. The molecule has 0 aliphatic heterocycles. The molecule has 0 saturated heterocycles. The van der Waals surface area contributed by atoms with Gasteiger partial charge in [0.1, 0.15) is 5.75 Å². The van der Waals surface area contributed by atoms with Gasteiger partial charge in [-0.15, -0.1) is 0 Å². The van der Waals surface area contributed by atoms with Crippen molar-refractivity contribution in [3.05, 3.63) is 35.5 Å². The second-order valence-corrected chi connectivity index (χ2v) is 5.19. The second kappa shape index (κ2) is 5.00. The maximum atomic E-state index is 12.2. The number of carbonyl (C=O) groups is 1. The third-order valence-corrected chi connectivity index (χ3v) is 3.57. The predicted molar refractivity (Wildman–Crippen MR) is 76.7 cm³/mol. The van der Waals surface area contributed by atoms with Gasteiger partial charge in [-0.25, -0.2) is 0 Å². The molecule has 3 rings (SSSR count). The largest absolute Gasteiger partial charge is 0.495 e. The van der Waals surface area contributed by atoms with Crippen molar-refractivity contribution in [2.24, 2.45) is 5.92 Å². The monoisotopic (exact) mass is 271 g/mol. The lowest BCUT2D eigenvalue weighted by Crippen LogP contribution is -2.17. The number of Topliss-reactive ketones (excluding diaryl/α,β-unsaturated/α-hetero) is 1. The van der Waals surface area contributed by atoms with Gasteiger partial charge in [0.25, 0.3) is 0 Å². The molecule has 1 unspecified atom stereocenters. The minimum Gasteiger partial charge on any atom is -0.495 e. The van der Waals surface area contributed by atoms with Crippen LogP contribution in [0.2, 0.25) is 0 Å². The van der Waals surface area contributed by atoms with Crippen LogP contribution in [0.15, 0.2) is 24.3 Å². The Labute approximate surface area is 117 Å². The molecule has 0 fully saturated rings. The van der Waals surface area contributed by atoms with Crippen LogP contribution in [0.5, 0.6) is 5.75 Å². The summed E-state index contributed by atoms with van der Waals surface area (Å²) in [5.41, 5.74) is 2.41. The van der Waals surface area contributed by atoms with Gasteiger partial charge in [-0.3, -0.25) is 9.89 Å². The lowest BCUT2D eigenvalue weighted by atomic mass is 9.88. The number of aromatic amines is 1. The first-order valence-electron chi connectivity index (χ1n) is 6.69. The molecule has 1 aliphatic carbocycles. The van der Waals surface area contributed by atoms with E-state index in [1.165, 1.54) is 0 Å². The van der Waals surface area contributed by atoms with E-state index in [2.05, 4.69) is 22.4 Å². The number of H-pyrrole nitrogens is 1. The van der Waals surface area contributed by atoms with Gasteiger partial charge >= 0.3 is 0 Å². The zero-order valence-corrected chi connectivity index (χ0v) is 11.6. The lowest BCUT2D eigenvalue weighted by molar-refractivity contribution is 0.0954. The van der Waals surface area contributed by atoms with E-state index >= 15 is 0 Å². The molecule has 1 heterocycles. The molecule has 1 aliphatic rings. The molecule has 1 atom stereocenters. The topological polar surface area (TPSA) is 67.0 Å². The van der Waals surface area contributed by atoms with Crippen molar-refractivity contribution in [3.63, 3.8) is 0 Å². The number of aromatic nitrogens is 2. The normalized spacial score (nSPS) is 17.7. The first-order valence-corrected chi connectivity index (χ1v) is 6.69. The van der Waals surface area contributed by atoms with Gasteiger partial charge in [0, 0.05) is 12.1 Å². The predicted octanol–water partition coefficient (Wildman–Crippen LogP) is 2.93. The van der Waals surface area contributed by atoms with Gasteiger partial charge in [-0.2, -0.15) is 5.10 Å². The fraction of sp³-hybridized carbons (Fsp3) is 0.333. The van der Waals surface area contributed by atoms with Gasteiger partial charge in [0.2, 0.25) is 0 Å². The maximum absolute atomic E-state index is 12.2. The Morgan fingerprint density at radius 1 is 1.35 bits per heavy atom. The molecule has 2 N–H and O–H groups in total. The van der Waals surface area contributed by atoms with E-state index in [-0.39, 0.29) is 5.78 Å². The van der Waals surface area contributed by atoms with Crippen molar-refractivity contribution in [2.75, 3.05) is 12.4 Å². The van der Waals surface area contributed by atoms with E-state index in [1.54, 1.807) is 7.11 Å². The molecule has 1 aromatic carbocycles. The average molecular weight is 271 g/mol. The number of methoxy groups -OCH3 is 1. The molecule has 0 amide bonds. The van der Waals surface area contributed by atoms with E-state index in [1.807, 2.05) is 24.3 Å². The van der Waals surface area contributed by atoms with Gasteiger partial charge in [-0.1, -0.05) is 19.1 Å². The number of hydrogen-bond acceptors (Lipinski definition) is 4. The number of ether oxygens (including phenoxy) is 1. The maximum Gasteiger partial charge on any atom is 0.168 e. The summed E-state index contributed by atoms with van der Waals surface area (Å²) in [4.78, 5) is 12.2. The van der Waals surface area contributed by atoms with Crippen LogP contribution >= 0.6 is 0 Å². The molecule has 5 nitrogen and oxygen atoms in total. The van der Waals surface area contributed by atoms with Gasteiger partial charge in [-0.05, 0) is 24.5 Å². The van der Waals surface area contributed by atoms with Crippen molar-refractivity contribution in [3.8, 4) is 5.75 Å². The molecule has 0 spiro atoms. The Balaban J connectivity index is 1.95. The van der Waals surface area contributed by atoms with Crippen LogP contribution in [-0.2, 0) is 6.42 Å². The number of nitrogens with one attached hydrogen (secondary N) is 2. The highest BCUT2D eigenvalue weighted by Crippen LogP contribution is 2.32. The van der Waals surface area contributed by atoms with E-state index < -0.39 is 0 Å². The number of nitrogens with zero attached hydrogens (tertiary/aromatic N) is 1. The fourth-order valence-corrected chi connectivity index (χ4v) is 2.63. The molecule has 0 bridgehead atoms. The number of rotatable bonds is 3. The quantitative estimate of drug-likeness (QED) is 0.900. The Morgan fingerprint density at radius 2 is 2.15 bits per heavy atom. The van der Waals surface area contributed by atoms with Gasteiger partial charge < -0.3 is 10.1 Å². The summed E-state index contributed by atoms with van der Waals surface area (Å²) < 4.78 is 5.30. The highest BCUT2D eigenvalue weighted by atomic mass is 16.5. The minimum atomic E-state index is 0.143. The molecule has 104 valence electrons. The molecular formula is C15H17N3O2. The van der Waals surface area contributed by atoms with Crippen LogP contribution in [0.1, 0.15) is 29.4 Å². The number of para-hydroxylation sites is 2. The van der Waals surface area contributed by atoms with Crippen molar-refractivity contribution in [2.45, 2.75) is 19.8 Å². The summed E-state index contributed by atoms with van der Waals surface area (Å²) in [5, 5.41) is 10.4. The summed E-state index contributed by atoms with van der Waals surface area (Å²) in [7, 11) is 1.62. The summed E-state index contributed by atoms with van der Waals surface area (Å²) in [5.74, 6) is 1.82. The first kappa shape index (κ1) is 12.7. The van der Waals surface area contributed by atoms with Crippen LogP contribution in [0, 0.1) is 5.92 Å². The van der Waals surface area contributed by atoms with E-state index in [0.717, 1.165) is 23.6 Å². The van der Waals surface area contributed by atoms with E-state index in [9.17, 15) is 4.79 Å². The Kier molecular flexibility index (Phi) is 3.18. The zero-order chi connectivity index (χ0) is 14.1. The van der Waals surface area contributed by atoms with Crippen molar-refractivity contribution < 1.29 is 9.53 Å². The summed E-state index contributed by atoms with van der Waals surface area (Å²) in [6.45, 7) is 2.08. The molecule has 0 radical (unpaired) electrons. The van der Waals surface area contributed by atoms with E-state index in [4.69, 9.17) is 4.74 Å². The fourth-order valence-electron chi connectivity index (χ4n) is 2.63. The van der Waals surface area contributed by atoms with Crippen molar-refractivity contribution in [1.82, 2.24) is 10.2 Å². The highest BCUT2D eigenvalue weighted by Gasteiger charge is 2.28. The summed E-state index contributed by atoms with van der Waals surface area (Å²) >= 11 is 0. The SMILES string of the molecule is COc1ccccc1Nc1n[nH]c2c1C(=O)CC(C)C2. The van der Waals surface area contributed by atoms with E-state index in [0.29, 0.717) is 23.7 Å². The smallest absolute Gasteiger partial charge is 0.168 e. The number of carbonyl (C=O) groups excluding carboxylic acids is 1. The van der Waals surface area contributed by atoms with Gasteiger partial charge in [0.05, 0.1) is 18.4 Å². The molecule has 20 heavy (non-hydrogen) atoms. The lowest BCUT2D eigenvalue weighted by Gasteiger charge is -2.17. The number of fused-ring (bicyclic) bond motifs is 1. The highest BCUT2D eigenvalue weighted by molar-refractivity contribution is 6.03. The van der Waals surface area contributed by atoms with Crippen molar-refractivity contribution >= 4 is 17.3 Å². The third-order valence-electron chi connectivity index (χ3n) is 3.57. The number of ketones is 1. The Bertz CT molecular complexity index is 648. The van der Waals surface area contributed by atoms with Gasteiger partial charge in [0.15, 0.2) is 11.6 Å². The standard InChI is InChI=1S/C15H17N3O2/c1-9-7-11-14(12(19)8-9)15(18-17-11)16-10-5-3-4-6-13(10)20-2/h3-6,9H,7-8H2,1-2H3,(H2,16,17,18). The van der Waals surface area contributed by atoms with Crippen molar-refractivity contribution in [1.29, 1.82) is 0 Å². The molecule has 5 heteroatoms. The Morgan fingerprint density at radius 3 is 2.95 bits per heavy atom. The van der Waals surface area contributed by atoms with Crippen LogP contribution in [0.25, 0.3) is 0 Å². The van der Waals surface area contributed by atoms with Crippen LogP contribution in [-0.4, -0.2) is 23.1 Å². The average Bonchev–Trinajstić information content (AvgIpc) is 2.82. The third kappa shape index (κ3) is 2.15. The first-order chi connectivity index (χ1) is 9.69. The number of anilines is 2. The summed E-state index contributed by atoms with van der Waals surface area (Å²) in [6, 6.07) is 7.58. The summed E-state index contributed by atoms with van der Waals surface area (Å²) in [6.07, 6.45) is 1.44. The number of benzene rings is 1.